The number of halogens is 1. The fourth-order valence-electron chi connectivity index (χ4n) is 4.66. The monoisotopic (exact) mass is 1030 g/mol. The van der Waals surface area contributed by atoms with Crippen LogP contribution in [0.2, 0.25) is 5.28 Å². The van der Waals surface area contributed by atoms with Crippen LogP contribution in [0.3, 0.4) is 0 Å². The lowest BCUT2D eigenvalue weighted by atomic mass is 10.3. The van der Waals surface area contributed by atoms with Crippen molar-refractivity contribution >= 4 is 145 Å². The van der Waals surface area contributed by atoms with Crippen LogP contribution >= 0.6 is 35.1 Å². The molecule has 0 unspecified atom stereocenters. The number of thioether (sulfide) groups is 2. The van der Waals surface area contributed by atoms with Crippen molar-refractivity contribution in [3.8, 4) is 6.07 Å². The van der Waals surface area contributed by atoms with Crippen LogP contribution in [0.4, 0.5) is 69.3 Å². The number of nitriles is 1. The Kier molecular flexibility index (Phi) is 14.5. The quantitative estimate of drug-likeness (QED) is 0.0223. The van der Waals surface area contributed by atoms with Gasteiger partial charge in [0.15, 0.2) is 45.0 Å². The predicted octanol–water partition coefficient (Wildman–Crippen LogP) is 3.32. The second-order valence-corrected chi connectivity index (χ2v) is 19.3. The molecule has 3 aromatic heterocycles. The molecule has 0 aliphatic rings. The molecule has 0 radical (unpaired) electrons. The summed E-state index contributed by atoms with van der Waals surface area (Å²) < 4.78 is 141. The highest BCUT2D eigenvalue weighted by Crippen LogP contribution is 2.40. The van der Waals surface area contributed by atoms with Crippen molar-refractivity contribution in [1.82, 2.24) is 34.9 Å². The molecule has 0 spiro atoms. The van der Waals surface area contributed by atoms with Crippen molar-refractivity contribution in [2.45, 2.75) is 29.9 Å². The summed E-state index contributed by atoms with van der Waals surface area (Å²) >= 11 is 7.73. The summed E-state index contributed by atoms with van der Waals surface area (Å²) in [7, 11) is -21.5. The summed E-state index contributed by atoms with van der Waals surface area (Å²) in [5.41, 5.74) is 18.8. The molecule has 5 aromatic rings. The summed E-state index contributed by atoms with van der Waals surface area (Å²) in [6, 6.07) is 3.49. The number of anilines is 8. The average Bonchev–Trinajstić information content (AvgIpc) is 3.17. The maximum Gasteiger partial charge on any atom is 0.296 e. The summed E-state index contributed by atoms with van der Waals surface area (Å²) in [4.78, 5) is 25.1. The van der Waals surface area contributed by atoms with Crippen molar-refractivity contribution in [3.63, 3.8) is 0 Å². The van der Waals surface area contributed by atoms with E-state index in [2.05, 4.69) is 70.8 Å². The van der Waals surface area contributed by atoms with E-state index in [4.69, 9.17) is 46.4 Å². The maximum absolute atomic E-state index is 12.6. The van der Waals surface area contributed by atoms with Gasteiger partial charge >= 0.3 is 0 Å². The van der Waals surface area contributed by atoms with E-state index in [1.165, 1.54) is 0 Å². The van der Waals surface area contributed by atoms with E-state index in [1.54, 1.807) is 0 Å². The Morgan fingerprint density at radius 2 is 0.985 bits per heavy atom. The maximum atomic E-state index is 12.6. The van der Waals surface area contributed by atoms with Crippen molar-refractivity contribution < 1.29 is 51.9 Å². The topological polar surface area (TPSA) is 513 Å². The van der Waals surface area contributed by atoms with Crippen molar-refractivity contribution in [1.29, 1.82) is 5.26 Å². The molecule has 0 atom stereocenters. The average molecular weight is 1030 g/mol. The minimum atomic E-state index is -5.39. The van der Waals surface area contributed by atoms with Crippen LogP contribution in [0.25, 0.3) is 4.85 Å². The normalized spacial score (nSPS) is 12.3. The first kappa shape index (κ1) is 49.2. The Morgan fingerprint density at radius 1 is 0.615 bits per heavy atom. The molecule has 2 aromatic carbocycles. The fourth-order valence-corrected chi connectivity index (χ4v) is 8.40. The summed E-state index contributed by atoms with van der Waals surface area (Å²) in [5.74, 6) is -3.51. The van der Waals surface area contributed by atoms with Gasteiger partial charge in [-0.3, -0.25) is 18.2 Å². The third-order valence-electron chi connectivity index (χ3n) is 7.21. The Hall–Kier alpha value is -6.78. The molecule has 3 heterocycles. The van der Waals surface area contributed by atoms with E-state index >= 15 is 0 Å². The first-order valence-corrected chi connectivity index (χ1v) is 24.2. The number of nitrogens with two attached hydrogens (primary N) is 4. The van der Waals surface area contributed by atoms with Gasteiger partial charge in [0.05, 0.1) is 23.2 Å². The molecule has 14 N–H and O–H groups in total. The lowest BCUT2D eigenvalue weighted by Gasteiger charge is -2.14. The van der Waals surface area contributed by atoms with Crippen LogP contribution in [-0.4, -0.2) is 98.4 Å². The molecule has 340 valence electrons. The molecule has 0 saturated heterocycles. The Morgan fingerprint density at radius 3 is 1.32 bits per heavy atom. The Balaban J connectivity index is 1.58. The van der Waals surface area contributed by atoms with Gasteiger partial charge in [-0.1, -0.05) is 11.8 Å². The van der Waals surface area contributed by atoms with Gasteiger partial charge in [0.1, 0.15) is 31.0 Å². The zero-order chi connectivity index (χ0) is 48.2. The number of azo groups is 2. The van der Waals surface area contributed by atoms with Crippen LogP contribution in [-0.2, 0) is 40.5 Å². The number of nitrogens with zero attached hydrogens (tertiary/aromatic N) is 13. The summed E-state index contributed by atoms with van der Waals surface area (Å²) in [6.07, 6.45) is 0. The first-order chi connectivity index (χ1) is 30.2. The smallest absolute Gasteiger partial charge is 0.296 e. The third kappa shape index (κ3) is 12.3. The fraction of sp³-hybridized carbons (Fsp3) is 0.0741. The molecule has 65 heavy (non-hydrogen) atoms. The van der Waals surface area contributed by atoms with E-state index in [9.17, 15) is 51.9 Å². The van der Waals surface area contributed by atoms with E-state index in [-0.39, 0.29) is 21.9 Å². The Bertz CT molecular complexity index is 3120. The number of benzene rings is 2. The van der Waals surface area contributed by atoms with Gasteiger partial charge < -0.3 is 38.4 Å². The van der Waals surface area contributed by atoms with Crippen LogP contribution in [0.5, 0.6) is 0 Å². The predicted molar refractivity (Wildman–Crippen MR) is 227 cm³/mol. The largest absolute Gasteiger partial charge is 0.382 e. The van der Waals surface area contributed by atoms with Crippen LogP contribution in [0.1, 0.15) is 0 Å². The number of hydrogen-bond donors (Lipinski definition) is 10. The van der Waals surface area contributed by atoms with Crippen LogP contribution < -0.4 is 33.6 Å². The summed E-state index contributed by atoms with van der Waals surface area (Å²) in [6.45, 7) is 6.87. The molecule has 0 saturated carbocycles. The molecule has 31 nitrogen and oxygen atoms in total. The van der Waals surface area contributed by atoms with Gasteiger partial charge in [-0.25, -0.2) is 26.5 Å². The first-order valence-electron chi connectivity index (χ1n) is 16.1. The van der Waals surface area contributed by atoms with Crippen molar-refractivity contribution in [3.05, 3.63) is 41.0 Å². The van der Waals surface area contributed by atoms with Crippen molar-refractivity contribution in [2.24, 2.45) is 20.5 Å². The zero-order valence-corrected chi connectivity index (χ0v) is 36.9. The second-order valence-electron chi connectivity index (χ2n) is 11.6. The molecule has 0 bridgehead atoms. The second kappa shape index (κ2) is 19.1. The number of nitrogens with one attached hydrogen (secondary N) is 2. The molecule has 5 rings (SSSR count). The third-order valence-corrected chi connectivity index (χ3v) is 12.3. The molecular formula is C27H22ClN19O12S6. The lowest BCUT2D eigenvalue weighted by Crippen LogP contribution is -2.11. The molecule has 0 fully saturated rings. The van der Waals surface area contributed by atoms with Gasteiger partial charge in [-0.05, 0) is 47.6 Å². The van der Waals surface area contributed by atoms with Gasteiger partial charge in [0, 0.05) is 0 Å². The van der Waals surface area contributed by atoms with E-state index in [0.29, 0.717) is 24.3 Å². The number of aromatic nitrogens is 7. The standard InChI is InChI=1S/C27H22ClN19O12S6/c1-34-8-61-27-39-21(32)18(22(33)40-27)47-45-12-7-14(63(51,52)53)10(5-16(12)65(57,58)59)36-25-42-23(28)41-24(43-25)35-9-4-15(64(54,55)56)11(6-13(9)62(48,49)50)44-46-17-19(30)37-26(38-20(17)31)60-3-2-29/h4-7H,3,8H2,(H,48,49,50)(H,51,52,53)(H,54,55,56)(H,57,58,59)(H4,30,31,37,38)(H4,32,33,39,40)(H2,35,36,41,42,43)/b46-44+,47-45+. The van der Waals surface area contributed by atoms with Crippen LogP contribution in [0, 0.1) is 17.9 Å². The minimum Gasteiger partial charge on any atom is -0.382 e. The van der Waals surface area contributed by atoms with E-state index in [0.717, 1.165) is 23.5 Å². The lowest BCUT2D eigenvalue weighted by molar-refractivity contribution is 0.479. The van der Waals surface area contributed by atoms with Gasteiger partial charge in [0.2, 0.25) is 17.2 Å². The highest BCUT2D eigenvalue weighted by atomic mass is 35.5. The summed E-state index contributed by atoms with van der Waals surface area (Å²) in [5, 5.41) is 26.9. The Labute approximate surface area is 377 Å². The van der Waals surface area contributed by atoms with Gasteiger partial charge in [-0.2, -0.15) is 53.9 Å². The van der Waals surface area contributed by atoms with Gasteiger partial charge in [-0.15, -0.1) is 20.5 Å². The van der Waals surface area contributed by atoms with E-state index in [1.807, 2.05) is 6.07 Å². The highest BCUT2D eigenvalue weighted by molar-refractivity contribution is 7.99. The number of rotatable bonds is 16. The van der Waals surface area contributed by atoms with Crippen LogP contribution in [0.15, 0.2) is 74.6 Å². The van der Waals surface area contributed by atoms with Crippen molar-refractivity contribution in [2.75, 3.05) is 45.2 Å². The van der Waals surface area contributed by atoms with E-state index < -0.39 is 135 Å². The highest BCUT2D eigenvalue weighted by Gasteiger charge is 2.28. The molecule has 0 aliphatic heterocycles. The molecule has 38 heteroatoms. The molecular weight excluding hydrogens is 1010 g/mol. The number of nitrogen functional groups attached to an aromatic ring is 4. The zero-order valence-electron chi connectivity index (χ0n) is 31.2. The minimum absolute atomic E-state index is 0.0337. The molecule has 0 aliphatic carbocycles. The SMILES string of the molecule is [C-]#[N+]CSc1nc(N)c(/N=N/c2cc(S(=O)(=O)O)c(Nc3nc(Cl)nc(Nc4cc(S(=O)(=O)O)c(/N=N/c5c(N)nc(SCC#N)nc5N)cc4S(=O)(=O)O)n3)cc2S(=O)(=O)O)c(N)n1. The number of hydrogen-bond acceptors (Lipinski definition) is 28. The van der Waals surface area contributed by atoms with Gasteiger partial charge in [0.25, 0.3) is 46.3 Å². The molecule has 0 amide bonds.